The summed E-state index contributed by atoms with van der Waals surface area (Å²) in [6, 6.07) is 0. The first-order chi connectivity index (χ1) is 5.18. The zero-order valence-electron chi connectivity index (χ0n) is 5.37. The third kappa shape index (κ3) is 2.85. The molecular formula is C5H5BrN2O2S. The predicted molar refractivity (Wildman–Crippen MR) is 44.7 cm³/mol. The van der Waals surface area contributed by atoms with Gasteiger partial charge in [0.2, 0.25) is 0 Å². The molecule has 11 heavy (non-hydrogen) atoms. The van der Waals surface area contributed by atoms with E-state index in [-0.39, 0.29) is 6.54 Å². The quantitative estimate of drug-likeness (QED) is 0.822. The van der Waals surface area contributed by atoms with Crippen molar-refractivity contribution in [1.29, 1.82) is 0 Å². The van der Waals surface area contributed by atoms with Crippen LogP contribution in [0.5, 0.6) is 0 Å². The van der Waals surface area contributed by atoms with E-state index in [1.165, 1.54) is 11.3 Å². The number of halogens is 1. The van der Waals surface area contributed by atoms with Gasteiger partial charge in [-0.1, -0.05) is 0 Å². The fourth-order valence-electron chi connectivity index (χ4n) is 0.521. The SMILES string of the molecule is O=C(O)NCc1nc(Br)cs1. The van der Waals surface area contributed by atoms with Crippen molar-refractivity contribution in [2.75, 3.05) is 0 Å². The Bertz CT molecular complexity index is 263. The van der Waals surface area contributed by atoms with Crippen LogP contribution in [0, 0.1) is 0 Å². The summed E-state index contributed by atoms with van der Waals surface area (Å²) < 4.78 is 0.740. The van der Waals surface area contributed by atoms with E-state index in [0.717, 1.165) is 9.61 Å². The lowest BCUT2D eigenvalue weighted by atomic mass is 10.7. The minimum absolute atomic E-state index is 0.269. The van der Waals surface area contributed by atoms with Crippen LogP contribution in [0.25, 0.3) is 0 Å². The van der Waals surface area contributed by atoms with Crippen molar-refractivity contribution in [2.24, 2.45) is 0 Å². The third-order valence-corrected chi connectivity index (χ3v) is 2.47. The normalized spacial score (nSPS) is 9.55. The smallest absolute Gasteiger partial charge is 0.405 e. The Morgan fingerprint density at radius 3 is 3.09 bits per heavy atom. The van der Waals surface area contributed by atoms with Gasteiger partial charge in [-0.2, -0.15) is 0 Å². The van der Waals surface area contributed by atoms with Gasteiger partial charge in [0.15, 0.2) is 0 Å². The number of hydrogen-bond acceptors (Lipinski definition) is 3. The van der Waals surface area contributed by atoms with Gasteiger partial charge in [-0.25, -0.2) is 9.78 Å². The Balaban J connectivity index is 2.45. The molecule has 0 fully saturated rings. The number of aromatic nitrogens is 1. The van der Waals surface area contributed by atoms with Crippen LogP contribution in [0.2, 0.25) is 0 Å². The molecule has 0 saturated carbocycles. The van der Waals surface area contributed by atoms with E-state index < -0.39 is 6.09 Å². The number of rotatable bonds is 2. The number of nitrogens with zero attached hydrogens (tertiary/aromatic N) is 1. The van der Waals surface area contributed by atoms with Crippen LogP contribution >= 0.6 is 27.3 Å². The second-order valence-electron chi connectivity index (χ2n) is 1.72. The van der Waals surface area contributed by atoms with Gasteiger partial charge in [0, 0.05) is 5.38 Å². The highest BCUT2D eigenvalue weighted by molar-refractivity contribution is 9.10. The lowest BCUT2D eigenvalue weighted by molar-refractivity contribution is 0.194. The molecule has 0 atom stereocenters. The second-order valence-corrected chi connectivity index (χ2v) is 3.48. The van der Waals surface area contributed by atoms with E-state index in [9.17, 15) is 4.79 Å². The van der Waals surface area contributed by atoms with Crippen molar-refractivity contribution in [1.82, 2.24) is 10.3 Å². The maximum Gasteiger partial charge on any atom is 0.405 e. The molecule has 1 aromatic heterocycles. The van der Waals surface area contributed by atoms with Crippen molar-refractivity contribution in [3.63, 3.8) is 0 Å². The Labute approximate surface area is 75.4 Å². The average molecular weight is 237 g/mol. The summed E-state index contributed by atoms with van der Waals surface area (Å²) in [5, 5.41) is 13.0. The molecule has 4 nitrogen and oxygen atoms in total. The zero-order chi connectivity index (χ0) is 8.27. The molecule has 60 valence electrons. The summed E-state index contributed by atoms with van der Waals surface area (Å²) in [6.07, 6.45) is -1.03. The maximum absolute atomic E-state index is 10.0. The van der Waals surface area contributed by atoms with E-state index in [2.05, 4.69) is 26.2 Å². The number of carboxylic acid groups (broad SMARTS) is 1. The molecule has 0 unspecified atom stereocenters. The van der Waals surface area contributed by atoms with Gasteiger partial charge >= 0.3 is 6.09 Å². The van der Waals surface area contributed by atoms with Gasteiger partial charge in [0.25, 0.3) is 0 Å². The van der Waals surface area contributed by atoms with E-state index >= 15 is 0 Å². The van der Waals surface area contributed by atoms with Gasteiger partial charge in [0.05, 0.1) is 6.54 Å². The number of nitrogens with one attached hydrogen (secondary N) is 1. The van der Waals surface area contributed by atoms with Crippen molar-refractivity contribution in [2.45, 2.75) is 6.54 Å². The molecular weight excluding hydrogens is 232 g/mol. The second kappa shape index (κ2) is 3.68. The van der Waals surface area contributed by atoms with E-state index in [1.807, 2.05) is 0 Å². The molecule has 1 aromatic rings. The predicted octanol–water partition coefficient (Wildman–Crippen LogP) is 1.67. The highest BCUT2D eigenvalue weighted by atomic mass is 79.9. The molecule has 2 N–H and O–H groups in total. The first kappa shape index (κ1) is 8.48. The molecule has 1 rings (SSSR count). The van der Waals surface area contributed by atoms with E-state index in [4.69, 9.17) is 5.11 Å². The Morgan fingerprint density at radius 2 is 2.64 bits per heavy atom. The van der Waals surface area contributed by atoms with Crippen LogP contribution in [0.1, 0.15) is 5.01 Å². The highest BCUT2D eigenvalue weighted by Gasteiger charge is 2.00. The topological polar surface area (TPSA) is 62.2 Å². The van der Waals surface area contributed by atoms with Crippen LogP contribution in [0.15, 0.2) is 9.98 Å². The van der Waals surface area contributed by atoms with Gasteiger partial charge in [-0.3, -0.25) is 0 Å². The van der Waals surface area contributed by atoms with Crippen molar-refractivity contribution in [3.05, 3.63) is 15.0 Å². The van der Waals surface area contributed by atoms with Crippen LogP contribution in [0.4, 0.5) is 4.79 Å². The van der Waals surface area contributed by atoms with E-state index in [0.29, 0.717) is 0 Å². The van der Waals surface area contributed by atoms with E-state index in [1.54, 1.807) is 5.38 Å². The molecule has 1 amide bonds. The molecule has 0 aliphatic carbocycles. The molecule has 0 saturated heterocycles. The Kier molecular flexibility index (Phi) is 2.84. The van der Waals surface area contributed by atoms with Crippen LogP contribution in [-0.2, 0) is 6.54 Å². The number of hydrogen-bond donors (Lipinski definition) is 2. The fraction of sp³-hybridized carbons (Fsp3) is 0.200. The summed E-state index contributed by atoms with van der Waals surface area (Å²) in [5.74, 6) is 0. The number of thiazole rings is 1. The summed E-state index contributed by atoms with van der Waals surface area (Å²) in [4.78, 5) is 14.0. The van der Waals surface area contributed by atoms with Crippen LogP contribution < -0.4 is 5.32 Å². The monoisotopic (exact) mass is 236 g/mol. The fourth-order valence-corrected chi connectivity index (χ4v) is 1.73. The molecule has 0 bridgehead atoms. The molecule has 6 heteroatoms. The standard InChI is InChI=1S/C5H5BrN2O2S/c6-3-2-11-4(8-3)1-7-5(9)10/h2,7H,1H2,(H,9,10). The van der Waals surface area contributed by atoms with Crippen LogP contribution in [-0.4, -0.2) is 16.2 Å². The van der Waals surface area contributed by atoms with Gasteiger partial charge < -0.3 is 10.4 Å². The maximum atomic E-state index is 10.0. The average Bonchev–Trinajstić information content (AvgIpc) is 2.31. The lowest BCUT2D eigenvalue weighted by Crippen LogP contribution is -2.19. The highest BCUT2D eigenvalue weighted by Crippen LogP contribution is 2.14. The number of amides is 1. The molecule has 1 heterocycles. The van der Waals surface area contributed by atoms with Crippen molar-refractivity contribution < 1.29 is 9.90 Å². The van der Waals surface area contributed by atoms with Gasteiger partial charge in [-0.05, 0) is 15.9 Å². The largest absolute Gasteiger partial charge is 0.465 e. The van der Waals surface area contributed by atoms with Gasteiger partial charge in [-0.15, -0.1) is 11.3 Å². The van der Waals surface area contributed by atoms with Crippen molar-refractivity contribution in [3.8, 4) is 0 Å². The summed E-state index contributed by atoms with van der Waals surface area (Å²) in [6.45, 7) is 0.269. The number of carbonyl (C=O) groups is 1. The minimum Gasteiger partial charge on any atom is -0.465 e. The molecule has 0 aromatic carbocycles. The molecule has 0 aliphatic heterocycles. The lowest BCUT2D eigenvalue weighted by Gasteiger charge is -1.93. The summed E-state index contributed by atoms with van der Waals surface area (Å²) in [7, 11) is 0. The Hall–Kier alpha value is -0.620. The Morgan fingerprint density at radius 1 is 1.91 bits per heavy atom. The third-order valence-electron chi connectivity index (χ3n) is 0.915. The summed E-state index contributed by atoms with van der Waals surface area (Å²) in [5.41, 5.74) is 0. The van der Waals surface area contributed by atoms with Crippen LogP contribution in [0.3, 0.4) is 0 Å². The molecule has 0 radical (unpaired) electrons. The van der Waals surface area contributed by atoms with Crippen molar-refractivity contribution >= 4 is 33.4 Å². The minimum atomic E-state index is -1.03. The first-order valence-electron chi connectivity index (χ1n) is 2.75. The molecule has 0 spiro atoms. The first-order valence-corrected chi connectivity index (χ1v) is 4.42. The summed E-state index contributed by atoms with van der Waals surface area (Å²) >= 11 is 4.57. The van der Waals surface area contributed by atoms with Gasteiger partial charge in [0.1, 0.15) is 9.61 Å². The molecule has 0 aliphatic rings. The zero-order valence-corrected chi connectivity index (χ0v) is 7.78.